The molecule has 0 saturated carbocycles. The molecule has 0 atom stereocenters. The van der Waals surface area contributed by atoms with Crippen LogP contribution in [0.5, 0.6) is 0 Å². The first-order valence-electron chi connectivity index (χ1n) is 9.87. The number of para-hydroxylation sites is 1. The average Bonchev–Trinajstić information content (AvgIpc) is 3.19. The molecule has 3 aromatic rings. The molecule has 1 aromatic heterocycles. The maximum absolute atomic E-state index is 12.9. The van der Waals surface area contributed by atoms with Crippen LogP contribution in [0.15, 0.2) is 59.6 Å². The van der Waals surface area contributed by atoms with Crippen LogP contribution in [0.25, 0.3) is 16.5 Å². The molecule has 0 fully saturated rings. The highest BCUT2D eigenvalue weighted by Gasteiger charge is 2.22. The fourth-order valence-corrected chi connectivity index (χ4v) is 4.73. The maximum Gasteiger partial charge on any atom is 0.254 e. The van der Waals surface area contributed by atoms with Crippen LogP contribution in [0, 0.1) is 6.92 Å². The van der Waals surface area contributed by atoms with Crippen LogP contribution in [0.2, 0.25) is 0 Å². The molecule has 2 heterocycles. The summed E-state index contributed by atoms with van der Waals surface area (Å²) < 4.78 is 25.6. The van der Waals surface area contributed by atoms with Crippen LogP contribution in [0.3, 0.4) is 0 Å². The number of amides is 1. The van der Waals surface area contributed by atoms with E-state index < -0.39 is 10.0 Å². The van der Waals surface area contributed by atoms with Crippen molar-refractivity contribution >= 4 is 32.4 Å². The number of nitrogens with one attached hydrogen (secondary N) is 1. The number of sulfonamides is 1. The number of H-pyrrole nitrogens is 1. The number of nitrogens with zero attached hydrogens (tertiary/aromatic N) is 2. The van der Waals surface area contributed by atoms with Gasteiger partial charge in [-0.3, -0.25) is 4.79 Å². The highest BCUT2D eigenvalue weighted by atomic mass is 32.2. The molecule has 156 valence electrons. The molecule has 1 aliphatic heterocycles. The van der Waals surface area contributed by atoms with Crippen LogP contribution >= 0.6 is 0 Å². The molecular formula is C23H25N3O3S. The van der Waals surface area contributed by atoms with Gasteiger partial charge in [-0.05, 0) is 48.7 Å². The van der Waals surface area contributed by atoms with Crippen LogP contribution in [0.4, 0.5) is 0 Å². The molecule has 0 unspecified atom stereocenters. The molecule has 4 rings (SSSR count). The van der Waals surface area contributed by atoms with E-state index in [2.05, 4.69) is 36.2 Å². The van der Waals surface area contributed by atoms with Gasteiger partial charge in [0.15, 0.2) is 0 Å². The van der Waals surface area contributed by atoms with E-state index in [0.29, 0.717) is 18.7 Å². The molecule has 0 spiro atoms. The van der Waals surface area contributed by atoms with Crippen molar-refractivity contribution in [1.29, 1.82) is 0 Å². The lowest BCUT2D eigenvalue weighted by Crippen LogP contribution is -2.34. The molecule has 1 aliphatic rings. The van der Waals surface area contributed by atoms with Crippen LogP contribution < -0.4 is 0 Å². The van der Waals surface area contributed by atoms with Crippen molar-refractivity contribution in [3.05, 3.63) is 71.4 Å². The Balaban J connectivity index is 1.51. The minimum atomic E-state index is -3.50. The van der Waals surface area contributed by atoms with Crippen LogP contribution in [-0.4, -0.2) is 55.7 Å². The van der Waals surface area contributed by atoms with Gasteiger partial charge in [-0.15, -0.1) is 0 Å². The maximum atomic E-state index is 12.9. The van der Waals surface area contributed by atoms with Crippen molar-refractivity contribution in [2.24, 2.45) is 0 Å². The van der Waals surface area contributed by atoms with Crippen LogP contribution in [0.1, 0.15) is 27.9 Å². The predicted molar refractivity (Wildman–Crippen MR) is 119 cm³/mol. The number of carbonyl (C=O) groups is 1. The topological polar surface area (TPSA) is 73.5 Å². The van der Waals surface area contributed by atoms with E-state index in [1.54, 1.807) is 17.0 Å². The van der Waals surface area contributed by atoms with E-state index in [4.69, 9.17) is 0 Å². The Kier molecular flexibility index (Phi) is 5.26. The molecular weight excluding hydrogens is 398 g/mol. The van der Waals surface area contributed by atoms with Crippen molar-refractivity contribution in [1.82, 2.24) is 14.2 Å². The third-order valence-electron chi connectivity index (χ3n) is 5.65. The normalized spacial score (nSPS) is 14.9. The third-order valence-corrected chi connectivity index (χ3v) is 7.48. The molecule has 1 amide bonds. The lowest BCUT2D eigenvalue weighted by molar-refractivity contribution is 0.0773. The highest BCUT2D eigenvalue weighted by Crippen LogP contribution is 2.30. The van der Waals surface area contributed by atoms with Gasteiger partial charge in [0.25, 0.3) is 5.91 Å². The number of rotatable bonds is 4. The summed E-state index contributed by atoms with van der Waals surface area (Å²) in [5, 5.41) is 1.21. The molecule has 0 radical (unpaired) electrons. The molecule has 2 aromatic carbocycles. The number of carbonyl (C=O) groups excluding carboxylic acids is 1. The lowest BCUT2D eigenvalue weighted by atomic mass is 9.98. The van der Waals surface area contributed by atoms with Gasteiger partial charge in [0, 0.05) is 55.4 Å². The fourth-order valence-electron chi connectivity index (χ4n) is 3.83. The SMILES string of the molecule is Cc1cccc2c(C3=CCN(C(=O)c4ccc(S(=O)(=O)N(C)C)cc4)CC3)c[nH]c12. The minimum absolute atomic E-state index is 0.0890. The summed E-state index contributed by atoms with van der Waals surface area (Å²) in [6.07, 6.45) is 4.93. The molecule has 1 N–H and O–H groups in total. The number of aromatic amines is 1. The smallest absolute Gasteiger partial charge is 0.254 e. The number of aromatic nitrogens is 1. The standard InChI is InChI=1S/C23H25N3O3S/c1-16-5-4-6-20-21(15-24-22(16)20)17-11-13-26(14-12-17)23(27)18-7-9-19(10-8-18)30(28,29)25(2)3/h4-11,15,24H,12-14H2,1-3H3. The van der Waals surface area contributed by atoms with Gasteiger partial charge in [0.05, 0.1) is 4.90 Å². The largest absolute Gasteiger partial charge is 0.360 e. The number of benzene rings is 2. The summed E-state index contributed by atoms with van der Waals surface area (Å²) in [7, 11) is -0.527. The second-order valence-corrected chi connectivity index (χ2v) is 9.89. The van der Waals surface area contributed by atoms with Crippen molar-refractivity contribution in [2.45, 2.75) is 18.2 Å². The molecule has 30 heavy (non-hydrogen) atoms. The van der Waals surface area contributed by atoms with E-state index >= 15 is 0 Å². The molecule has 6 nitrogen and oxygen atoms in total. The van der Waals surface area contributed by atoms with Gasteiger partial charge >= 0.3 is 0 Å². The zero-order valence-corrected chi connectivity index (χ0v) is 18.2. The number of hydrogen-bond acceptors (Lipinski definition) is 3. The molecule has 7 heteroatoms. The summed E-state index contributed by atoms with van der Waals surface area (Å²) in [6.45, 7) is 3.25. The number of aryl methyl sites for hydroxylation is 1. The monoisotopic (exact) mass is 423 g/mol. The summed E-state index contributed by atoms with van der Waals surface area (Å²) in [6, 6.07) is 12.4. The molecule has 0 bridgehead atoms. The second-order valence-electron chi connectivity index (χ2n) is 7.74. The van der Waals surface area contributed by atoms with Crippen molar-refractivity contribution in [3.8, 4) is 0 Å². The fraction of sp³-hybridized carbons (Fsp3) is 0.261. The average molecular weight is 424 g/mol. The first-order chi connectivity index (χ1) is 14.3. The second kappa shape index (κ2) is 7.74. The summed E-state index contributed by atoms with van der Waals surface area (Å²) in [4.78, 5) is 18.2. The Hall–Kier alpha value is -2.90. The van der Waals surface area contributed by atoms with Crippen molar-refractivity contribution in [2.75, 3.05) is 27.2 Å². The van der Waals surface area contributed by atoms with E-state index in [-0.39, 0.29) is 10.8 Å². The van der Waals surface area contributed by atoms with Crippen LogP contribution in [-0.2, 0) is 10.0 Å². The Morgan fingerprint density at radius 1 is 1.10 bits per heavy atom. The van der Waals surface area contributed by atoms with Gasteiger partial charge < -0.3 is 9.88 Å². The van der Waals surface area contributed by atoms with Crippen molar-refractivity contribution in [3.63, 3.8) is 0 Å². The summed E-state index contributed by atoms with van der Waals surface area (Å²) in [5.41, 5.74) is 5.29. The van der Waals surface area contributed by atoms with Gasteiger partial charge in [-0.25, -0.2) is 12.7 Å². The Labute approximate surface area is 176 Å². The van der Waals surface area contributed by atoms with E-state index in [1.807, 2.05) is 6.20 Å². The Bertz CT molecular complexity index is 1240. The van der Waals surface area contributed by atoms with Gasteiger partial charge in [0.1, 0.15) is 0 Å². The third kappa shape index (κ3) is 3.55. The molecule has 0 aliphatic carbocycles. The van der Waals surface area contributed by atoms with E-state index in [0.717, 1.165) is 16.2 Å². The quantitative estimate of drug-likeness (QED) is 0.696. The van der Waals surface area contributed by atoms with Gasteiger partial charge in [-0.2, -0.15) is 0 Å². The minimum Gasteiger partial charge on any atom is -0.360 e. The van der Waals surface area contributed by atoms with E-state index in [9.17, 15) is 13.2 Å². The first-order valence-corrected chi connectivity index (χ1v) is 11.3. The Morgan fingerprint density at radius 2 is 1.83 bits per heavy atom. The summed E-state index contributed by atoms with van der Waals surface area (Å²) in [5.74, 6) is -0.0890. The Morgan fingerprint density at radius 3 is 2.47 bits per heavy atom. The highest BCUT2D eigenvalue weighted by molar-refractivity contribution is 7.89. The zero-order valence-electron chi connectivity index (χ0n) is 17.3. The van der Waals surface area contributed by atoms with E-state index in [1.165, 1.54) is 48.3 Å². The lowest BCUT2D eigenvalue weighted by Gasteiger charge is -2.26. The first kappa shape index (κ1) is 20.4. The van der Waals surface area contributed by atoms with Gasteiger partial charge in [-0.1, -0.05) is 24.3 Å². The van der Waals surface area contributed by atoms with Crippen molar-refractivity contribution < 1.29 is 13.2 Å². The summed E-state index contributed by atoms with van der Waals surface area (Å²) >= 11 is 0. The predicted octanol–water partition coefficient (Wildman–Crippen LogP) is 3.66. The van der Waals surface area contributed by atoms with Gasteiger partial charge in [0.2, 0.25) is 10.0 Å². The number of fused-ring (bicyclic) bond motifs is 1. The zero-order chi connectivity index (χ0) is 21.5. The molecule has 0 saturated heterocycles. The number of hydrogen-bond donors (Lipinski definition) is 1.